The van der Waals surface area contributed by atoms with Gasteiger partial charge >= 0.3 is 0 Å². The molecule has 3 nitrogen and oxygen atoms in total. The predicted molar refractivity (Wildman–Crippen MR) is 58.9 cm³/mol. The molecule has 78 valence electrons. The van der Waals surface area contributed by atoms with E-state index in [1.165, 1.54) is 4.90 Å². The number of amides is 2. The maximum Gasteiger partial charge on any atom is 0.229 e. The maximum absolute atomic E-state index is 11.4. The molecule has 1 aliphatic rings. The molecule has 0 N–H and O–H groups in total. The van der Waals surface area contributed by atoms with Crippen LogP contribution >= 0.6 is 15.9 Å². The zero-order valence-electron chi connectivity index (χ0n) is 8.07. The van der Waals surface area contributed by atoms with Crippen molar-refractivity contribution in [1.82, 2.24) is 4.90 Å². The number of carbonyl (C=O) groups excluding carboxylic acids is 2. The first-order valence-corrected chi connectivity index (χ1v) is 5.54. The van der Waals surface area contributed by atoms with Crippen LogP contribution in [0.1, 0.15) is 18.4 Å². The molecule has 0 aromatic heterocycles. The zero-order chi connectivity index (χ0) is 10.8. The zero-order valence-corrected chi connectivity index (χ0v) is 9.66. The fraction of sp³-hybridized carbons (Fsp3) is 0.273. The summed E-state index contributed by atoms with van der Waals surface area (Å²) in [5, 5.41) is 0. The van der Waals surface area contributed by atoms with Gasteiger partial charge in [-0.15, -0.1) is 0 Å². The minimum Gasteiger partial charge on any atom is -0.278 e. The molecular formula is C11H10BrNO2. The molecule has 1 saturated heterocycles. The van der Waals surface area contributed by atoms with Gasteiger partial charge in [-0.1, -0.05) is 34.1 Å². The van der Waals surface area contributed by atoms with Crippen LogP contribution in [0.5, 0.6) is 0 Å². The molecule has 1 heterocycles. The highest BCUT2D eigenvalue weighted by Crippen LogP contribution is 2.21. The molecule has 15 heavy (non-hydrogen) atoms. The van der Waals surface area contributed by atoms with Crippen molar-refractivity contribution >= 4 is 27.7 Å². The largest absolute Gasteiger partial charge is 0.278 e. The number of benzene rings is 1. The van der Waals surface area contributed by atoms with E-state index in [1.807, 2.05) is 24.3 Å². The second kappa shape index (κ2) is 4.14. The average Bonchev–Trinajstić information content (AvgIpc) is 2.53. The summed E-state index contributed by atoms with van der Waals surface area (Å²) in [6.45, 7) is 0.374. The quantitative estimate of drug-likeness (QED) is 0.770. The van der Waals surface area contributed by atoms with Crippen molar-refractivity contribution in [1.29, 1.82) is 0 Å². The Morgan fingerprint density at radius 3 is 2.33 bits per heavy atom. The van der Waals surface area contributed by atoms with E-state index >= 15 is 0 Å². The fourth-order valence-electron chi connectivity index (χ4n) is 1.60. The number of rotatable bonds is 2. The summed E-state index contributed by atoms with van der Waals surface area (Å²) in [6, 6.07) is 7.61. The molecule has 1 fully saturated rings. The lowest BCUT2D eigenvalue weighted by atomic mass is 10.2. The standard InChI is InChI=1S/C11H10BrNO2/c12-9-4-2-1-3-8(9)7-13-10(14)5-6-11(13)15/h1-4H,5-7H2. The molecule has 1 aromatic rings. The molecule has 0 bridgehead atoms. The van der Waals surface area contributed by atoms with Crippen LogP contribution in [0.3, 0.4) is 0 Å². The Balaban J connectivity index is 2.18. The second-order valence-corrected chi connectivity index (χ2v) is 4.32. The van der Waals surface area contributed by atoms with Crippen LogP contribution in [0.2, 0.25) is 0 Å². The maximum atomic E-state index is 11.4. The van der Waals surface area contributed by atoms with Crippen molar-refractivity contribution in [3.63, 3.8) is 0 Å². The third-order valence-corrected chi connectivity index (χ3v) is 3.21. The van der Waals surface area contributed by atoms with Gasteiger partial charge in [-0.25, -0.2) is 0 Å². The molecule has 4 heteroatoms. The second-order valence-electron chi connectivity index (χ2n) is 3.47. The van der Waals surface area contributed by atoms with Gasteiger partial charge in [-0.2, -0.15) is 0 Å². The number of likely N-dealkylation sites (tertiary alicyclic amines) is 1. The lowest BCUT2D eigenvalue weighted by Crippen LogP contribution is -2.28. The van der Waals surface area contributed by atoms with E-state index in [2.05, 4.69) is 15.9 Å². The first kappa shape index (κ1) is 10.4. The topological polar surface area (TPSA) is 37.4 Å². The number of nitrogens with zero attached hydrogens (tertiary/aromatic N) is 1. The van der Waals surface area contributed by atoms with Crippen LogP contribution in [0, 0.1) is 0 Å². The Morgan fingerprint density at radius 2 is 1.73 bits per heavy atom. The molecule has 0 saturated carbocycles. The van der Waals surface area contributed by atoms with Crippen LogP contribution < -0.4 is 0 Å². The van der Waals surface area contributed by atoms with Crippen molar-refractivity contribution in [2.75, 3.05) is 0 Å². The normalized spacial score (nSPS) is 16.2. The first-order chi connectivity index (χ1) is 7.18. The van der Waals surface area contributed by atoms with Gasteiger partial charge in [0.15, 0.2) is 0 Å². The first-order valence-electron chi connectivity index (χ1n) is 4.75. The minimum absolute atomic E-state index is 0.0734. The molecule has 0 spiro atoms. The summed E-state index contributed by atoms with van der Waals surface area (Å²) in [5.41, 5.74) is 0.959. The summed E-state index contributed by atoms with van der Waals surface area (Å²) < 4.78 is 0.928. The van der Waals surface area contributed by atoms with Gasteiger partial charge in [0.05, 0.1) is 6.54 Å². The van der Waals surface area contributed by atoms with E-state index in [0.29, 0.717) is 19.4 Å². The Labute approximate surface area is 96.2 Å². The van der Waals surface area contributed by atoms with Gasteiger partial charge in [-0.05, 0) is 11.6 Å². The highest BCUT2D eigenvalue weighted by atomic mass is 79.9. The number of imide groups is 1. The minimum atomic E-state index is -0.0734. The number of hydrogen-bond donors (Lipinski definition) is 0. The van der Waals surface area contributed by atoms with Crippen molar-refractivity contribution in [3.05, 3.63) is 34.3 Å². The van der Waals surface area contributed by atoms with Gasteiger partial charge in [0.25, 0.3) is 0 Å². The monoisotopic (exact) mass is 267 g/mol. The van der Waals surface area contributed by atoms with E-state index in [0.717, 1.165) is 10.0 Å². The molecule has 1 aliphatic heterocycles. The summed E-state index contributed by atoms with van der Waals surface area (Å²) in [4.78, 5) is 24.1. The molecule has 1 aromatic carbocycles. The average molecular weight is 268 g/mol. The third-order valence-electron chi connectivity index (χ3n) is 2.44. The number of halogens is 1. The SMILES string of the molecule is O=C1CCC(=O)N1Cc1ccccc1Br. The Morgan fingerprint density at radius 1 is 1.13 bits per heavy atom. The molecule has 0 atom stereocenters. The number of hydrogen-bond acceptors (Lipinski definition) is 2. The van der Waals surface area contributed by atoms with Crippen molar-refractivity contribution in [3.8, 4) is 0 Å². The lowest BCUT2D eigenvalue weighted by molar-refractivity contribution is -0.139. The molecule has 2 rings (SSSR count). The highest BCUT2D eigenvalue weighted by molar-refractivity contribution is 9.10. The van der Waals surface area contributed by atoms with Gasteiger partial charge in [0.1, 0.15) is 0 Å². The molecular weight excluding hydrogens is 258 g/mol. The summed E-state index contributed by atoms with van der Waals surface area (Å²) in [5.74, 6) is -0.147. The van der Waals surface area contributed by atoms with Crippen LogP contribution in [-0.4, -0.2) is 16.7 Å². The molecule has 0 radical (unpaired) electrons. The van der Waals surface area contributed by atoms with E-state index in [9.17, 15) is 9.59 Å². The van der Waals surface area contributed by atoms with Crippen molar-refractivity contribution in [2.24, 2.45) is 0 Å². The van der Waals surface area contributed by atoms with Gasteiger partial charge in [-0.3, -0.25) is 14.5 Å². The molecule has 2 amide bonds. The van der Waals surface area contributed by atoms with Crippen molar-refractivity contribution < 1.29 is 9.59 Å². The van der Waals surface area contributed by atoms with E-state index < -0.39 is 0 Å². The van der Waals surface area contributed by atoms with E-state index in [-0.39, 0.29) is 11.8 Å². The summed E-state index contributed by atoms with van der Waals surface area (Å²) in [7, 11) is 0. The third kappa shape index (κ3) is 2.09. The van der Waals surface area contributed by atoms with Crippen LogP contribution in [0.15, 0.2) is 28.7 Å². The van der Waals surface area contributed by atoms with Crippen LogP contribution in [-0.2, 0) is 16.1 Å². The predicted octanol–water partition coefficient (Wildman–Crippen LogP) is 2.10. The van der Waals surface area contributed by atoms with E-state index in [1.54, 1.807) is 0 Å². The van der Waals surface area contributed by atoms with Crippen molar-refractivity contribution in [2.45, 2.75) is 19.4 Å². The van der Waals surface area contributed by atoms with Gasteiger partial charge in [0.2, 0.25) is 11.8 Å². The summed E-state index contributed by atoms with van der Waals surface area (Å²) in [6.07, 6.45) is 0.701. The van der Waals surface area contributed by atoms with Crippen LogP contribution in [0.25, 0.3) is 0 Å². The molecule has 0 aliphatic carbocycles. The number of carbonyl (C=O) groups is 2. The Kier molecular flexibility index (Phi) is 2.86. The van der Waals surface area contributed by atoms with Crippen LogP contribution in [0.4, 0.5) is 0 Å². The lowest BCUT2D eigenvalue weighted by Gasteiger charge is -2.14. The smallest absolute Gasteiger partial charge is 0.229 e. The Bertz CT molecular complexity index is 401. The van der Waals surface area contributed by atoms with Gasteiger partial charge in [0, 0.05) is 17.3 Å². The Hall–Kier alpha value is -1.16. The van der Waals surface area contributed by atoms with E-state index in [4.69, 9.17) is 0 Å². The fourth-order valence-corrected chi connectivity index (χ4v) is 2.01. The highest BCUT2D eigenvalue weighted by Gasteiger charge is 2.28. The van der Waals surface area contributed by atoms with Gasteiger partial charge < -0.3 is 0 Å². The molecule has 0 unspecified atom stereocenters. The summed E-state index contributed by atoms with van der Waals surface area (Å²) >= 11 is 3.39.